The van der Waals surface area contributed by atoms with E-state index in [1.807, 2.05) is 12.3 Å². The number of fused-ring (bicyclic) bond motifs is 1. The molecule has 1 amide bonds. The Balaban J connectivity index is 1.76. The summed E-state index contributed by atoms with van der Waals surface area (Å²) in [7, 11) is 0. The zero-order chi connectivity index (χ0) is 20.5. The van der Waals surface area contributed by atoms with E-state index in [-0.39, 0.29) is 11.9 Å². The third kappa shape index (κ3) is 4.09. The van der Waals surface area contributed by atoms with Gasteiger partial charge in [0.1, 0.15) is 5.69 Å². The number of allylic oxidation sites excluding steroid dienone is 1. The van der Waals surface area contributed by atoms with E-state index in [1.165, 1.54) is 11.3 Å². The number of halogens is 3. The Morgan fingerprint density at radius 3 is 2.86 bits per heavy atom. The number of thiophene rings is 1. The molecule has 0 radical (unpaired) electrons. The quantitative estimate of drug-likeness (QED) is 0.758. The van der Waals surface area contributed by atoms with Crippen molar-refractivity contribution in [3.8, 4) is 0 Å². The molecule has 1 aliphatic heterocycles. The smallest absolute Gasteiger partial charge is 0.333 e. The van der Waals surface area contributed by atoms with Crippen LogP contribution in [0.15, 0.2) is 35.9 Å². The Kier molecular flexibility index (Phi) is 5.55. The monoisotopic (exact) mass is 408 g/mol. The summed E-state index contributed by atoms with van der Waals surface area (Å²) in [5, 5.41) is 4.66. The lowest BCUT2D eigenvalue weighted by atomic mass is 10.0. The van der Waals surface area contributed by atoms with Crippen LogP contribution in [0.2, 0.25) is 0 Å². The molecule has 2 aromatic heterocycles. The number of carbonyl (C=O) groups is 1. The molecule has 0 aromatic carbocycles. The van der Waals surface area contributed by atoms with Gasteiger partial charge in [-0.15, -0.1) is 11.3 Å². The van der Waals surface area contributed by atoms with Crippen molar-refractivity contribution in [2.24, 2.45) is 0 Å². The van der Waals surface area contributed by atoms with Crippen LogP contribution in [-0.4, -0.2) is 27.3 Å². The fraction of sp³-hybridized carbons (Fsp3) is 0.316. The van der Waals surface area contributed by atoms with E-state index >= 15 is 0 Å². The largest absolute Gasteiger partial charge is 0.433 e. The van der Waals surface area contributed by atoms with Crippen LogP contribution >= 0.6 is 11.3 Å². The molecular formula is C19H19F3N4OS. The van der Waals surface area contributed by atoms with Gasteiger partial charge in [0.25, 0.3) is 0 Å². The summed E-state index contributed by atoms with van der Waals surface area (Å²) in [5.74, 6) is -0.145. The summed E-state index contributed by atoms with van der Waals surface area (Å²) < 4.78 is 38.4. The molecule has 0 saturated heterocycles. The molecule has 28 heavy (non-hydrogen) atoms. The first-order valence-electron chi connectivity index (χ1n) is 8.58. The number of hydrogen-bond acceptors (Lipinski definition) is 5. The predicted molar refractivity (Wildman–Crippen MR) is 103 cm³/mol. The third-order valence-electron chi connectivity index (χ3n) is 4.54. The second kappa shape index (κ2) is 7.75. The summed E-state index contributed by atoms with van der Waals surface area (Å²) in [6.45, 7) is 8.64. The molecule has 1 N–H and O–H groups in total. The average Bonchev–Trinajstić information content (AvgIpc) is 3.09. The highest BCUT2D eigenvalue weighted by atomic mass is 32.1. The summed E-state index contributed by atoms with van der Waals surface area (Å²) >= 11 is 1.50. The first kappa shape index (κ1) is 20.1. The van der Waals surface area contributed by atoms with Gasteiger partial charge >= 0.3 is 6.18 Å². The van der Waals surface area contributed by atoms with Crippen molar-refractivity contribution in [3.63, 3.8) is 0 Å². The molecule has 3 heterocycles. The van der Waals surface area contributed by atoms with Crippen LogP contribution in [0.5, 0.6) is 0 Å². The van der Waals surface area contributed by atoms with Crippen molar-refractivity contribution < 1.29 is 18.0 Å². The van der Waals surface area contributed by atoms with E-state index in [2.05, 4.69) is 21.9 Å². The highest BCUT2D eigenvalue weighted by Gasteiger charge is 2.33. The van der Waals surface area contributed by atoms with Crippen molar-refractivity contribution >= 4 is 28.9 Å². The lowest BCUT2D eigenvalue weighted by Crippen LogP contribution is -2.36. The minimum atomic E-state index is -4.54. The number of aromatic nitrogens is 2. The van der Waals surface area contributed by atoms with Gasteiger partial charge in [-0.2, -0.15) is 13.2 Å². The van der Waals surface area contributed by atoms with Crippen LogP contribution < -0.4 is 5.32 Å². The van der Waals surface area contributed by atoms with Crippen molar-refractivity contribution in [1.29, 1.82) is 0 Å². The normalized spacial score (nSPS) is 14.6. The van der Waals surface area contributed by atoms with Crippen LogP contribution in [-0.2, 0) is 23.9 Å². The van der Waals surface area contributed by atoms with Crippen LogP contribution in [0.3, 0.4) is 0 Å². The minimum absolute atomic E-state index is 0.0115. The number of rotatable bonds is 4. The second-order valence-corrected chi connectivity index (χ2v) is 7.33. The molecule has 3 rings (SSSR count). The van der Waals surface area contributed by atoms with Gasteiger partial charge in [-0.3, -0.25) is 4.79 Å². The van der Waals surface area contributed by atoms with Gasteiger partial charge in [-0.05, 0) is 31.9 Å². The number of nitrogens with one attached hydrogen (secondary N) is 1. The Morgan fingerprint density at radius 2 is 2.18 bits per heavy atom. The van der Waals surface area contributed by atoms with Gasteiger partial charge in [-0.1, -0.05) is 12.7 Å². The minimum Gasteiger partial charge on any atom is -0.333 e. The summed E-state index contributed by atoms with van der Waals surface area (Å²) in [6.07, 6.45) is -1.04. The van der Waals surface area contributed by atoms with E-state index in [1.54, 1.807) is 17.9 Å². The van der Waals surface area contributed by atoms with Crippen molar-refractivity contribution in [3.05, 3.63) is 57.6 Å². The standard InChI is InChI=1S/C19H19F3N4OS/c1-4-11(2)17(27)26-8-6-13-14(10-28-15(13)9-26)12(3)24-18-23-7-5-16(25-18)19(20,21)22/h4-5,7,10H,3,6,8-9H2,1-2H3,(H,23,24,25)/b11-4+. The summed E-state index contributed by atoms with van der Waals surface area (Å²) in [4.78, 5) is 22.5. The summed E-state index contributed by atoms with van der Waals surface area (Å²) in [5.41, 5.74) is 1.99. The van der Waals surface area contributed by atoms with Gasteiger partial charge in [0, 0.05) is 39.8 Å². The SMILES string of the molecule is C=C(Nc1nccc(C(F)(F)F)n1)c1csc2c1CCN(C(=O)/C(C)=C/C)C2. The maximum Gasteiger partial charge on any atom is 0.433 e. The molecule has 2 aromatic rings. The number of hydrogen-bond donors (Lipinski definition) is 1. The lowest BCUT2D eigenvalue weighted by molar-refractivity contribution is -0.141. The van der Waals surface area contributed by atoms with E-state index in [0.29, 0.717) is 30.8 Å². The molecular weight excluding hydrogens is 389 g/mol. The van der Waals surface area contributed by atoms with Crippen LogP contribution in [0, 0.1) is 0 Å². The first-order valence-corrected chi connectivity index (χ1v) is 9.46. The van der Waals surface area contributed by atoms with Crippen LogP contribution in [0.4, 0.5) is 19.1 Å². The van der Waals surface area contributed by atoms with Gasteiger partial charge < -0.3 is 10.2 Å². The predicted octanol–water partition coefficient (Wildman–Crippen LogP) is 4.49. The van der Waals surface area contributed by atoms with Gasteiger partial charge in [0.05, 0.1) is 6.54 Å². The number of anilines is 1. The Bertz CT molecular complexity index is 949. The van der Waals surface area contributed by atoms with Gasteiger partial charge in [0.2, 0.25) is 11.9 Å². The highest BCUT2D eigenvalue weighted by Crippen LogP contribution is 2.33. The first-order chi connectivity index (χ1) is 13.2. The van der Waals surface area contributed by atoms with Crippen LogP contribution in [0.25, 0.3) is 5.70 Å². The third-order valence-corrected chi connectivity index (χ3v) is 5.55. The lowest BCUT2D eigenvalue weighted by Gasteiger charge is -2.28. The maximum absolute atomic E-state index is 12.8. The molecule has 0 saturated carbocycles. The van der Waals surface area contributed by atoms with Gasteiger partial charge in [-0.25, -0.2) is 9.97 Å². The zero-order valence-corrected chi connectivity index (χ0v) is 16.2. The Morgan fingerprint density at radius 1 is 1.43 bits per heavy atom. The molecule has 0 atom stereocenters. The highest BCUT2D eigenvalue weighted by molar-refractivity contribution is 7.10. The molecule has 148 valence electrons. The van der Waals surface area contributed by atoms with E-state index < -0.39 is 11.9 Å². The topological polar surface area (TPSA) is 58.1 Å². The Labute approximate surface area is 164 Å². The van der Waals surface area contributed by atoms with Crippen molar-refractivity contribution in [2.75, 3.05) is 11.9 Å². The van der Waals surface area contributed by atoms with Crippen molar-refractivity contribution in [2.45, 2.75) is 33.0 Å². The van der Waals surface area contributed by atoms with Gasteiger partial charge in [0.15, 0.2) is 0 Å². The fourth-order valence-corrected chi connectivity index (χ4v) is 4.04. The molecule has 0 spiro atoms. The average molecular weight is 408 g/mol. The fourth-order valence-electron chi connectivity index (χ4n) is 2.91. The molecule has 0 fully saturated rings. The molecule has 5 nitrogen and oxygen atoms in total. The van der Waals surface area contributed by atoms with Crippen molar-refractivity contribution in [1.82, 2.24) is 14.9 Å². The number of alkyl halides is 3. The molecule has 0 unspecified atom stereocenters. The number of carbonyl (C=O) groups excluding carboxylic acids is 1. The van der Waals surface area contributed by atoms with Crippen LogP contribution in [0.1, 0.15) is 35.5 Å². The maximum atomic E-state index is 12.8. The molecule has 0 bridgehead atoms. The molecule has 1 aliphatic rings. The Hall–Kier alpha value is -2.68. The molecule has 0 aliphatic carbocycles. The number of amides is 1. The van der Waals surface area contributed by atoms with E-state index in [4.69, 9.17) is 0 Å². The molecule has 9 heteroatoms. The zero-order valence-electron chi connectivity index (χ0n) is 15.4. The summed E-state index contributed by atoms with van der Waals surface area (Å²) in [6, 6.07) is 0.818. The second-order valence-electron chi connectivity index (χ2n) is 6.37. The number of nitrogens with zero attached hydrogens (tertiary/aromatic N) is 3. The van der Waals surface area contributed by atoms with E-state index in [9.17, 15) is 18.0 Å². The van der Waals surface area contributed by atoms with E-state index in [0.717, 1.165) is 28.3 Å².